The maximum atomic E-state index is 12.5. The summed E-state index contributed by atoms with van der Waals surface area (Å²) in [5.74, 6) is -1.51. The summed E-state index contributed by atoms with van der Waals surface area (Å²) in [5, 5.41) is 0. The monoisotopic (exact) mass is 405 g/mol. The van der Waals surface area contributed by atoms with E-state index in [4.69, 9.17) is 9.15 Å². The number of carbonyl (C=O) groups is 4. The van der Waals surface area contributed by atoms with Crippen molar-refractivity contribution in [1.29, 1.82) is 0 Å². The first kappa shape index (κ1) is 20.9. The van der Waals surface area contributed by atoms with Crippen molar-refractivity contribution < 1.29 is 28.3 Å². The molecule has 2 aliphatic rings. The zero-order chi connectivity index (χ0) is 21.0. The highest BCUT2D eigenvalue weighted by Gasteiger charge is 2.42. The summed E-state index contributed by atoms with van der Waals surface area (Å²) >= 11 is 0. The molecular formula is C20H27N3O6. The largest absolute Gasteiger partial charge is 0.459 e. The summed E-state index contributed by atoms with van der Waals surface area (Å²) in [6.07, 6.45) is 4.64. The normalized spacial score (nSPS) is 26.8. The first-order chi connectivity index (χ1) is 13.9. The summed E-state index contributed by atoms with van der Waals surface area (Å²) in [6.45, 7) is 4.15. The predicted octanol–water partition coefficient (Wildman–Crippen LogP) is 1.26. The van der Waals surface area contributed by atoms with E-state index in [2.05, 4.69) is 24.7 Å². The molecule has 9 nitrogen and oxygen atoms in total. The molecule has 1 aromatic rings. The van der Waals surface area contributed by atoms with Crippen LogP contribution in [-0.4, -0.2) is 47.8 Å². The predicted molar refractivity (Wildman–Crippen MR) is 101 cm³/mol. The van der Waals surface area contributed by atoms with Gasteiger partial charge in [0, 0.05) is 19.0 Å². The number of hydrogen-bond acceptors (Lipinski definition) is 6. The van der Waals surface area contributed by atoms with Gasteiger partial charge in [0.2, 0.25) is 5.91 Å². The highest BCUT2D eigenvalue weighted by atomic mass is 16.5. The minimum Gasteiger partial charge on any atom is -0.459 e. The molecule has 2 fully saturated rings. The second-order valence-electron chi connectivity index (χ2n) is 7.87. The van der Waals surface area contributed by atoms with Gasteiger partial charge in [-0.05, 0) is 30.4 Å². The van der Waals surface area contributed by atoms with E-state index in [1.165, 1.54) is 12.3 Å². The van der Waals surface area contributed by atoms with Crippen molar-refractivity contribution in [2.75, 3.05) is 13.2 Å². The zero-order valence-corrected chi connectivity index (χ0v) is 16.7. The standard InChI is InChI=1S/C20H27N3O6/c1-12-5-3-6-15(13(12)2)23-10-14(9-18(23)25)20(27)29-11-17(24)21-22-19(26)16-7-4-8-28-16/h4,7-8,12-15H,3,5-6,9-11H2,1-2H3,(H,21,24)(H,22,26)/t12-,13-,14-,15-/m1/s1. The highest BCUT2D eigenvalue weighted by molar-refractivity contribution is 5.93. The lowest BCUT2D eigenvalue weighted by molar-refractivity contribution is -0.152. The van der Waals surface area contributed by atoms with Gasteiger partial charge in [-0.3, -0.25) is 30.0 Å². The summed E-state index contributed by atoms with van der Waals surface area (Å²) in [7, 11) is 0. The molecule has 1 saturated carbocycles. The number of ether oxygens (including phenoxy) is 1. The van der Waals surface area contributed by atoms with E-state index in [1.54, 1.807) is 6.07 Å². The third-order valence-electron chi connectivity index (χ3n) is 5.96. The maximum Gasteiger partial charge on any atom is 0.311 e. The lowest BCUT2D eigenvalue weighted by Gasteiger charge is -2.39. The van der Waals surface area contributed by atoms with Crippen LogP contribution >= 0.6 is 0 Å². The first-order valence-electron chi connectivity index (χ1n) is 9.95. The molecule has 0 radical (unpaired) electrons. The van der Waals surface area contributed by atoms with Crippen LogP contribution in [0.1, 0.15) is 50.1 Å². The van der Waals surface area contributed by atoms with Crippen LogP contribution in [-0.2, 0) is 19.1 Å². The van der Waals surface area contributed by atoms with Gasteiger partial charge in [0.05, 0.1) is 12.2 Å². The number of nitrogens with zero attached hydrogens (tertiary/aromatic N) is 1. The number of likely N-dealkylation sites (tertiary alicyclic amines) is 1. The van der Waals surface area contributed by atoms with E-state index in [0.29, 0.717) is 18.4 Å². The number of carbonyl (C=O) groups excluding carboxylic acids is 4. The second-order valence-corrected chi connectivity index (χ2v) is 7.87. The third-order valence-corrected chi connectivity index (χ3v) is 5.96. The molecule has 0 spiro atoms. The summed E-state index contributed by atoms with van der Waals surface area (Å²) in [5.41, 5.74) is 4.30. The average Bonchev–Trinajstić information content (AvgIpc) is 3.36. The number of hydrazine groups is 1. The van der Waals surface area contributed by atoms with Gasteiger partial charge < -0.3 is 14.1 Å². The molecule has 3 rings (SSSR count). The Morgan fingerprint density at radius 2 is 2.03 bits per heavy atom. The molecule has 1 aliphatic carbocycles. The molecule has 3 amide bonds. The summed E-state index contributed by atoms with van der Waals surface area (Å²) < 4.78 is 9.93. The molecule has 2 heterocycles. The molecule has 1 saturated heterocycles. The third kappa shape index (κ3) is 4.96. The van der Waals surface area contributed by atoms with Gasteiger partial charge in [0.1, 0.15) is 0 Å². The van der Waals surface area contributed by atoms with Gasteiger partial charge in [-0.15, -0.1) is 0 Å². The fourth-order valence-electron chi connectivity index (χ4n) is 4.09. The first-order valence-corrected chi connectivity index (χ1v) is 9.95. The number of nitrogens with one attached hydrogen (secondary N) is 2. The van der Waals surface area contributed by atoms with Crippen LogP contribution in [0.4, 0.5) is 0 Å². The Morgan fingerprint density at radius 1 is 1.24 bits per heavy atom. The molecule has 0 unspecified atom stereocenters. The Balaban J connectivity index is 1.43. The smallest absolute Gasteiger partial charge is 0.311 e. The lowest BCUT2D eigenvalue weighted by atomic mass is 9.77. The number of rotatable bonds is 5. The molecule has 9 heteroatoms. The molecule has 0 bridgehead atoms. The zero-order valence-electron chi connectivity index (χ0n) is 16.7. The summed E-state index contributed by atoms with van der Waals surface area (Å²) in [6, 6.07) is 3.14. The Bertz CT molecular complexity index is 762. The van der Waals surface area contributed by atoms with Crippen LogP contribution in [0.5, 0.6) is 0 Å². The Morgan fingerprint density at radius 3 is 2.76 bits per heavy atom. The van der Waals surface area contributed by atoms with Crippen LogP contribution in [0.3, 0.4) is 0 Å². The number of amides is 3. The molecule has 4 atom stereocenters. The van der Waals surface area contributed by atoms with Crippen LogP contribution in [0, 0.1) is 17.8 Å². The maximum absolute atomic E-state index is 12.5. The van der Waals surface area contributed by atoms with Gasteiger partial charge in [-0.1, -0.05) is 26.7 Å². The van der Waals surface area contributed by atoms with E-state index >= 15 is 0 Å². The van der Waals surface area contributed by atoms with Crippen LogP contribution in [0.15, 0.2) is 22.8 Å². The lowest BCUT2D eigenvalue weighted by Crippen LogP contribution is -2.45. The fraction of sp³-hybridized carbons (Fsp3) is 0.600. The minimum absolute atomic E-state index is 0.0342. The Hall–Kier alpha value is -2.84. The van der Waals surface area contributed by atoms with Crippen molar-refractivity contribution in [3.8, 4) is 0 Å². The average molecular weight is 405 g/mol. The second kappa shape index (κ2) is 9.11. The van der Waals surface area contributed by atoms with Crippen molar-refractivity contribution in [2.45, 2.75) is 45.6 Å². The van der Waals surface area contributed by atoms with E-state index < -0.39 is 30.3 Å². The van der Waals surface area contributed by atoms with Crippen molar-refractivity contribution >= 4 is 23.7 Å². The molecule has 1 aliphatic heterocycles. The number of esters is 1. The summed E-state index contributed by atoms with van der Waals surface area (Å²) in [4.78, 5) is 50.0. The van der Waals surface area contributed by atoms with E-state index in [1.807, 2.05) is 4.90 Å². The van der Waals surface area contributed by atoms with Crippen molar-refractivity contribution in [3.63, 3.8) is 0 Å². The molecule has 29 heavy (non-hydrogen) atoms. The topological polar surface area (TPSA) is 118 Å². The van der Waals surface area contributed by atoms with Gasteiger partial charge in [0.15, 0.2) is 12.4 Å². The molecule has 1 aromatic heterocycles. The van der Waals surface area contributed by atoms with Crippen molar-refractivity contribution in [3.05, 3.63) is 24.2 Å². The molecule has 0 aromatic carbocycles. The van der Waals surface area contributed by atoms with Crippen molar-refractivity contribution in [1.82, 2.24) is 15.8 Å². The van der Waals surface area contributed by atoms with Crippen molar-refractivity contribution in [2.24, 2.45) is 17.8 Å². The molecule has 2 N–H and O–H groups in total. The Kier molecular flexibility index (Phi) is 6.56. The number of hydrogen-bond donors (Lipinski definition) is 2. The van der Waals surface area contributed by atoms with Crippen LogP contribution in [0.2, 0.25) is 0 Å². The van der Waals surface area contributed by atoms with E-state index in [9.17, 15) is 19.2 Å². The van der Waals surface area contributed by atoms with Gasteiger partial charge in [0.25, 0.3) is 5.91 Å². The minimum atomic E-state index is -0.686. The Labute approximate surface area is 169 Å². The SMILES string of the molecule is C[C@@H]1[C@H](C)CCC[C@H]1N1C[C@H](C(=O)OCC(=O)NNC(=O)c2ccco2)CC1=O. The van der Waals surface area contributed by atoms with Crippen LogP contribution < -0.4 is 10.9 Å². The van der Waals surface area contributed by atoms with E-state index in [-0.39, 0.29) is 24.1 Å². The molecular weight excluding hydrogens is 378 g/mol. The fourth-order valence-corrected chi connectivity index (χ4v) is 4.09. The number of furan rings is 1. The van der Waals surface area contributed by atoms with Crippen LogP contribution in [0.25, 0.3) is 0 Å². The van der Waals surface area contributed by atoms with Gasteiger partial charge >= 0.3 is 11.9 Å². The highest BCUT2D eigenvalue weighted by Crippen LogP contribution is 2.35. The van der Waals surface area contributed by atoms with Gasteiger partial charge in [-0.2, -0.15) is 0 Å². The van der Waals surface area contributed by atoms with Gasteiger partial charge in [-0.25, -0.2) is 0 Å². The van der Waals surface area contributed by atoms with E-state index in [0.717, 1.165) is 19.3 Å². The molecule has 158 valence electrons. The quantitative estimate of drug-likeness (QED) is 0.562.